The zero-order chi connectivity index (χ0) is 14.4. The molecular formula is C13H20ClN3OS. The predicted molar refractivity (Wildman–Crippen MR) is 85.4 cm³/mol. The molecule has 0 aliphatic carbocycles. The molecule has 0 aromatic heterocycles. The normalized spacial score (nSPS) is 12.1. The van der Waals surface area contributed by atoms with Crippen molar-refractivity contribution >= 4 is 40.6 Å². The summed E-state index contributed by atoms with van der Waals surface area (Å²) in [5.74, 6) is 0.692. The average Bonchev–Trinajstić information content (AvgIpc) is 2.35. The minimum absolute atomic E-state index is 0.178. The molecule has 106 valence electrons. The first-order valence-electron chi connectivity index (χ1n) is 5.98. The van der Waals surface area contributed by atoms with E-state index in [0.29, 0.717) is 17.1 Å². The molecule has 0 aliphatic rings. The maximum absolute atomic E-state index is 11.8. The zero-order valence-electron chi connectivity index (χ0n) is 11.4. The summed E-state index contributed by atoms with van der Waals surface area (Å²) >= 11 is 7.82. The smallest absolute Gasteiger partial charge is 0.241 e. The fraction of sp³-hybridized carbons (Fsp3) is 0.462. The number of amides is 1. The van der Waals surface area contributed by atoms with E-state index in [2.05, 4.69) is 5.32 Å². The number of carbonyl (C=O) groups is 1. The summed E-state index contributed by atoms with van der Waals surface area (Å²) in [4.78, 5) is 13.8. The molecule has 6 heteroatoms. The van der Waals surface area contributed by atoms with Crippen molar-refractivity contribution in [2.24, 2.45) is 5.73 Å². The maximum atomic E-state index is 11.8. The highest BCUT2D eigenvalue weighted by Gasteiger charge is 2.13. The van der Waals surface area contributed by atoms with E-state index >= 15 is 0 Å². The second kappa shape index (κ2) is 7.62. The van der Waals surface area contributed by atoms with Gasteiger partial charge in [0.05, 0.1) is 16.8 Å². The fourth-order valence-electron chi connectivity index (χ4n) is 1.56. The molecule has 0 heterocycles. The van der Waals surface area contributed by atoms with Crippen LogP contribution in [-0.2, 0) is 4.79 Å². The van der Waals surface area contributed by atoms with Gasteiger partial charge < -0.3 is 16.0 Å². The molecule has 0 saturated heterocycles. The van der Waals surface area contributed by atoms with E-state index in [1.54, 1.807) is 17.8 Å². The lowest BCUT2D eigenvalue weighted by Crippen LogP contribution is -2.36. The lowest BCUT2D eigenvalue weighted by Gasteiger charge is -2.16. The maximum Gasteiger partial charge on any atom is 0.241 e. The van der Waals surface area contributed by atoms with Crippen LogP contribution in [0.15, 0.2) is 18.2 Å². The van der Waals surface area contributed by atoms with Gasteiger partial charge in [0, 0.05) is 19.8 Å². The third-order valence-corrected chi connectivity index (χ3v) is 3.61. The van der Waals surface area contributed by atoms with E-state index in [1.807, 2.05) is 37.4 Å². The van der Waals surface area contributed by atoms with Crippen LogP contribution in [0.4, 0.5) is 11.4 Å². The summed E-state index contributed by atoms with van der Waals surface area (Å²) in [5.41, 5.74) is 7.38. The molecule has 0 bridgehead atoms. The Labute approximate surface area is 123 Å². The van der Waals surface area contributed by atoms with E-state index in [1.165, 1.54) is 0 Å². The monoisotopic (exact) mass is 301 g/mol. The topological polar surface area (TPSA) is 58.4 Å². The van der Waals surface area contributed by atoms with Gasteiger partial charge in [-0.2, -0.15) is 11.8 Å². The number of nitrogens with two attached hydrogens (primary N) is 1. The molecule has 0 unspecified atom stereocenters. The molecule has 1 aromatic carbocycles. The van der Waals surface area contributed by atoms with Gasteiger partial charge >= 0.3 is 0 Å². The third-order valence-electron chi connectivity index (χ3n) is 2.67. The molecule has 1 amide bonds. The largest absolute Gasteiger partial charge is 0.376 e. The molecular weight excluding hydrogens is 282 g/mol. The summed E-state index contributed by atoms with van der Waals surface area (Å²) in [6.45, 7) is 0. The minimum atomic E-state index is -0.486. The van der Waals surface area contributed by atoms with Crippen molar-refractivity contribution in [3.8, 4) is 0 Å². The number of anilines is 2. The van der Waals surface area contributed by atoms with E-state index < -0.39 is 6.04 Å². The molecule has 19 heavy (non-hydrogen) atoms. The highest BCUT2D eigenvalue weighted by Crippen LogP contribution is 2.27. The van der Waals surface area contributed by atoms with E-state index in [9.17, 15) is 4.79 Å². The molecule has 0 spiro atoms. The minimum Gasteiger partial charge on any atom is -0.376 e. The molecule has 3 N–H and O–H groups in total. The molecule has 0 aliphatic heterocycles. The van der Waals surface area contributed by atoms with Crippen LogP contribution in [0.1, 0.15) is 6.42 Å². The van der Waals surface area contributed by atoms with Crippen LogP contribution in [0.25, 0.3) is 0 Å². The van der Waals surface area contributed by atoms with Gasteiger partial charge in [0.15, 0.2) is 0 Å². The predicted octanol–water partition coefficient (Wildman–Crippen LogP) is 2.42. The molecule has 0 saturated carbocycles. The second-order valence-corrected chi connectivity index (χ2v) is 5.83. The zero-order valence-corrected chi connectivity index (χ0v) is 13.0. The van der Waals surface area contributed by atoms with Gasteiger partial charge in [0.1, 0.15) is 0 Å². The number of benzene rings is 1. The lowest BCUT2D eigenvalue weighted by molar-refractivity contribution is -0.117. The summed E-state index contributed by atoms with van der Waals surface area (Å²) < 4.78 is 0. The SMILES string of the molecule is CSCC[C@@H](N)C(=O)Nc1ccc(N(C)C)c(Cl)c1. The Bertz CT molecular complexity index is 440. The van der Waals surface area contributed by atoms with Gasteiger partial charge in [-0.05, 0) is 36.6 Å². The van der Waals surface area contributed by atoms with Gasteiger partial charge in [0.25, 0.3) is 0 Å². The van der Waals surface area contributed by atoms with Crippen LogP contribution in [-0.4, -0.2) is 38.1 Å². The van der Waals surface area contributed by atoms with Gasteiger partial charge in [-0.1, -0.05) is 11.6 Å². The Hall–Kier alpha value is -0.910. The number of carbonyl (C=O) groups excluding carboxylic acids is 1. The van der Waals surface area contributed by atoms with Crippen molar-refractivity contribution in [1.82, 2.24) is 0 Å². The molecule has 1 atom stereocenters. The Kier molecular flexibility index (Phi) is 6.48. The van der Waals surface area contributed by atoms with Crippen molar-refractivity contribution in [3.05, 3.63) is 23.2 Å². The number of nitrogens with zero attached hydrogens (tertiary/aromatic N) is 1. The summed E-state index contributed by atoms with van der Waals surface area (Å²) in [6, 6.07) is 4.93. The number of hydrogen-bond donors (Lipinski definition) is 2. The van der Waals surface area contributed by atoms with Crippen LogP contribution in [0.3, 0.4) is 0 Å². The van der Waals surface area contributed by atoms with E-state index in [-0.39, 0.29) is 5.91 Å². The first-order chi connectivity index (χ1) is 8.95. The molecule has 0 radical (unpaired) electrons. The van der Waals surface area contributed by atoms with Crippen molar-refractivity contribution in [2.75, 3.05) is 36.3 Å². The first kappa shape index (κ1) is 16.1. The third kappa shape index (κ3) is 4.93. The van der Waals surface area contributed by atoms with Crippen LogP contribution in [0, 0.1) is 0 Å². The number of rotatable bonds is 6. The Morgan fingerprint density at radius 3 is 2.74 bits per heavy atom. The van der Waals surface area contributed by atoms with E-state index in [0.717, 1.165) is 11.4 Å². The highest BCUT2D eigenvalue weighted by atomic mass is 35.5. The van der Waals surface area contributed by atoms with Gasteiger partial charge in [-0.25, -0.2) is 0 Å². The van der Waals surface area contributed by atoms with Crippen LogP contribution in [0.5, 0.6) is 0 Å². The first-order valence-corrected chi connectivity index (χ1v) is 7.75. The summed E-state index contributed by atoms with van der Waals surface area (Å²) in [5, 5.41) is 3.38. The summed E-state index contributed by atoms with van der Waals surface area (Å²) in [7, 11) is 3.83. The summed E-state index contributed by atoms with van der Waals surface area (Å²) in [6.07, 6.45) is 2.65. The van der Waals surface area contributed by atoms with Gasteiger partial charge in [-0.3, -0.25) is 4.79 Å². The second-order valence-electron chi connectivity index (χ2n) is 4.44. The number of hydrogen-bond acceptors (Lipinski definition) is 4. The molecule has 4 nitrogen and oxygen atoms in total. The number of halogens is 1. The van der Waals surface area contributed by atoms with Crippen LogP contribution in [0.2, 0.25) is 5.02 Å². The standard InChI is InChI=1S/C13H20ClN3OS/c1-17(2)12-5-4-9(8-10(12)14)16-13(18)11(15)6-7-19-3/h4-5,8,11H,6-7,15H2,1-3H3,(H,16,18)/t11-/m1/s1. The van der Waals surface area contributed by atoms with Crippen molar-refractivity contribution in [3.63, 3.8) is 0 Å². The van der Waals surface area contributed by atoms with Crippen LogP contribution >= 0.6 is 23.4 Å². The van der Waals surface area contributed by atoms with Crippen molar-refractivity contribution in [1.29, 1.82) is 0 Å². The van der Waals surface area contributed by atoms with Gasteiger partial charge in [0.2, 0.25) is 5.91 Å². The molecule has 1 rings (SSSR count). The molecule has 0 fully saturated rings. The highest BCUT2D eigenvalue weighted by molar-refractivity contribution is 7.98. The lowest BCUT2D eigenvalue weighted by atomic mass is 10.2. The molecule has 1 aromatic rings. The number of nitrogens with one attached hydrogen (secondary N) is 1. The average molecular weight is 302 g/mol. The van der Waals surface area contributed by atoms with Crippen molar-refractivity contribution in [2.45, 2.75) is 12.5 Å². The Morgan fingerprint density at radius 1 is 1.53 bits per heavy atom. The quantitative estimate of drug-likeness (QED) is 0.847. The van der Waals surface area contributed by atoms with Crippen LogP contribution < -0.4 is 16.0 Å². The Morgan fingerprint density at radius 2 is 2.21 bits per heavy atom. The number of thioether (sulfide) groups is 1. The van der Waals surface area contributed by atoms with Gasteiger partial charge in [-0.15, -0.1) is 0 Å². The van der Waals surface area contributed by atoms with E-state index in [4.69, 9.17) is 17.3 Å². The Balaban J connectivity index is 2.67. The van der Waals surface area contributed by atoms with Crippen molar-refractivity contribution < 1.29 is 4.79 Å². The fourth-order valence-corrected chi connectivity index (χ4v) is 2.40.